The summed E-state index contributed by atoms with van der Waals surface area (Å²) in [7, 11) is 2.17. The van der Waals surface area contributed by atoms with Crippen molar-refractivity contribution in [3.05, 3.63) is 47.8 Å². The van der Waals surface area contributed by atoms with Crippen LogP contribution in [0.25, 0.3) is 0 Å². The molecule has 1 atom stereocenters. The SMILES string of the molecule is C[C@@H]1c2ncc(CN3CCN(C)CC3)n2CCN1C(=O)c1cccnc1. The Morgan fingerprint density at radius 2 is 1.96 bits per heavy atom. The summed E-state index contributed by atoms with van der Waals surface area (Å²) in [6.45, 7) is 8.92. The Morgan fingerprint density at radius 1 is 1.15 bits per heavy atom. The number of rotatable bonds is 3. The predicted molar refractivity (Wildman–Crippen MR) is 98.7 cm³/mol. The van der Waals surface area contributed by atoms with Gasteiger partial charge in [-0.1, -0.05) is 0 Å². The molecule has 7 heteroatoms. The van der Waals surface area contributed by atoms with E-state index in [2.05, 4.69) is 38.3 Å². The first kappa shape index (κ1) is 17.2. The molecule has 138 valence electrons. The molecular formula is C19H26N6O. The average Bonchev–Trinajstić information content (AvgIpc) is 3.08. The van der Waals surface area contributed by atoms with E-state index in [-0.39, 0.29) is 11.9 Å². The highest BCUT2D eigenvalue weighted by Crippen LogP contribution is 2.27. The Kier molecular flexibility index (Phi) is 4.74. The lowest BCUT2D eigenvalue weighted by atomic mass is 10.1. The summed E-state index contributed by atoms with van der Waals surface area (Å²) in [4.78, 5) is 28.3. The molecule has 0 radical (unpaired) electrons. The van der Waals surface area contributed by atoms with Gasteiger partial charge in [0.1, 0.15) is 5.82 Å². The summed E-state index contributed by atoms with van der Waals surface area (Å²) >= 11 is 0. The Labute approximate surface area is 154 Å². The van der Waals surface area contributed by atoms with Gasteiger partial charge in [0.15, 0.2) is 0 Å². The molecule has 0 unspecified atom stereocenters. The number of fused-ring (bicyclic) bond motifs is 1. The van der Waals surface area contributed by atoms with Gasteiger partial charge in [-0.15, -0.1) is 0 Å². The van der Waals surface area contributed by atoms with Gasteiger partial charge in [0.05, 0.1) is 17.3 Å². The normalized spacial score (nSPS) is 21.6. The molecule has 0 bridgehead atoms. The monoisotopic (exact) mass is 354 g/mol. The summed E-state index contributed by atoms with van der Waals surface area (Å²) in [5, 5.41) is 0. The van der Waals surface area contributed by atoms with Gasteiger partial charge >= 0.3 is 0 Å². The van der Waals surface area contributed by atoms with Gasteiger partial charge in [-0.25, -0.2) is 4.98 Å². The van der Waals surface area contributed by atoms with Crippen molar-refractivity contribution in [1.29, 1.82) is 0 Å². The molecule has 2 aromatic rings. The zero-order valence-corrected chi connectivity index (χ0v) is 15.5. The predicted octanol–water partition coefficient (Wildman–Crippen LogP) is 1.24. The fourth-order valence-electron chi connectivity index (χ4n) is 3.85. The zero-order valence-electron chi connectivity index (χ0n) is 15.5. The second kappa shape index (κ2) is 7.17. The van der Waals surface area contributed by atoms with E-state index in [9.17, 15) is 4.79 Å². The van der Waals surface area contributed by atoms with Crippen molar-refractivity contribution in [3.8, 4) is 0 Å². The molecule has 1 fully saturated rings. The van der Waals surface area contributed by atoms with Crippen molar-refractivity contribution < 1.29 is 4.79 Å². The van der Waals surface area contributed by atoms with Crippen molar-refractivity contribution in [1.82, 2.24) is 29.2 Å². The van der Waals surface area contributed by atoms with Crippen LogP contribution in [0, 0.1) is 0 Å². The molecule has 2 aliphatic rings. The molecule has 1 saturated heterocycles. The molecule has 0 aromatic carbocycles. The van der Waals surface area contributed by atoms with Crippen LogP contribution in [-0.2, 0) is 13.1 Å². The minimum absolute atomic E-state index is 0.0282. The maximum absolute atomic E-state index is 12.8. The van der Waals surface area contributed by atoms with E-state index in [1.807, 2.05) is 17.2 Å². The van der Waals surface area contributed by atoms with Gasteiger partial charge in [0.2, 0.25) is 0 Å². The molecule has 2 aliphatic heterocycles. The van der Waals surface area contributed by atoms with Crippen LogP contribution in [0.5, 0.6) is 0 Å². The van der Waals surface area contributed by atoms with E-state index in [0.29, 0.717) is 12.1 Å². The lowest BCUT2D eigenvalue weighted by molar-refractivity contribution is 0.0633. The Balaban J connectivity index is 1.49. The number of carbonyl (C=O) groups excluding carboxylic acids is 1. The molecule has 1 amide bonds. The standard InChI is InChI=1S/C19H26N6O/c1-15-18-21-13-17(14-23-8-6-22(2)7-9-23)25(18)11-10-24(15)19(26)16-4-3-5-20-12-16/h3-5,12-13,15H,6-11,14H2,1-2H3/t15-/m1/s1. The summed E-state index contributed by atoms with van der Waals surface area (Å²) in [5.41, 5.74) is 1.89. The van der Waals surface area contributed by atoms with E-state index < -0.39 is 0 Å². The number of aromatic nitrogens is 3. The van der Waals surface area contributed by atoms with Crippen LogP contribution in [0.4, 0.5) is 0 Å². The molecule has 0 saturated carbocycles. The van der Waals surface area contributed by atoms with Crippen LogP contribution >= 0.6 is 0 Å². The molecule has 4 heterocycles. The Bertz CT molecular complexity index is 766. The summed E-state index contributed by atoms with van der Waals surface area (Å²) in [6.07, 6.45) is 5.31. The highest BCUT2D eigenvalue weighted by atomic mass is 16.2. The topological polar surface area (TPSA) is 57.5 Å². The van der Waals surface area contributed by atoms with Crippen molar-refractivity contribution in [2.24, 2.45) is 0 Å². The van der Waals surface area contributed by atoms with Crippen molar-refractivity contribution >= 4 is 5.91 Å². The number of amides is 1. The fraction of sp³-hybridized carbons (Fsp3) is 0.526. The van der Waals surface area contributed by atoms with E-state index in [0.717, 1.165) is 45.1 Å². The number of carbonyl (C=O) groups is 1. The van der Waals surface area contributed by atoms with Crippen LogP contribution in [-0.4, -0.2) is 74.9 Å². The Hall–Kier alpha value is -2.25. The summed E-state index contributed by atoms with van der Waals surface area (Å²) in [5.74, 6) is 1.01. The molecule has 4 rings (SSSR count). The number of piperazine rings is 1. The maximum Gasteiger partial charge on any atom is 0.256 e. The second-order valence-electron chi connectivity index (χ2n) is 7.26. The molecule has 0 N–H and O–H groups in total. The van der Waals surface area contributed by atoms with Crippen LogP contribution < -0.4 is 0 Å². The summed E-state index contributed by atoms with van der Waals surface area (Å²) < 4.78 is 2.30. The second-order valence-corrected chi connectivity index (χ2v) is 7.26. The first-order valence-corrected chi connectivity index (χ1v) is 9.29. The van der Waals surface area contributed by atoms with Gasteiger partial charge in [0, 0.05) is 64.4 Å². The van der Waals surface area contributed by atoms with Crippen LogP contribution in [0.2, 0.25) is 0 Å². The molecular weight excluding hydrogens is 328 g/mol. The largest absolute Gasteiger partial charge is 0.327 e. The van der Waals surface area contributed by atoms with Crippen LogP contribution in [0.15, 0.2) is 30.7 Å². The van der Waals surface area contributed by atoms with Gasteiger partial charge < -0.3 is 14.4 Å². The van der Waals surface area contributed by atoms with E-state index >= 15 is 0 Å². The average molecular weight is 354 g/mol. The number of likely N-dealkylation sites (N-methyl/N-ethyl adjacent to an activating group) is 1. The first-order valence-electron chi connectivity index (χ1n) is 9.29. The lowest BCUT2D eigenvalue weighted by Gasteiger charge is -2.36. The van der Waals surface area contributed by atoms with Crippen LogP contribution in [0.3, 0.4) is 0 Å². The molecule has 0 spiro atoms. The number of hydrogen-bond acceptors (Lipinski definition) is 5. The van der Waals surface area contributed by atoms with E-state index in [1.54, 1.807) is 18.5 Å². The number of nitrogens with zero attached hydrogens (tertiary/aromatic N) is 6. The van der Waals surface area contributed by atoms with E-state index in [4.69, 9.17) is 0 Å². The molecule has 26 heavy (non-hydrogen) atoms. The zero-order chi connectivity index (χ0) is 18.1. The van der Waals surface area contributed by atoms with Crippen molar-refractivity contribution in [2.45, 2.75) is 26.1 Å². The third-order valence-corrected chi connectivity index (χ3v) is 5.53. The first-order chi connectivity index (χ1) is 12.6. The minimum atomic E-state index is -0.0299. The highest BCUT2D eigenvalue weighted by Gasteiger charge is 2.31. The molecule has 7 nitrogen and oxygen atoms in total. The quantitative estimate of drug-likeness (QED) is 0.830. The fourth-order valence-corrected chi connectivity index (χ4v) is 3.85. The number of hydrogen-bond donors (Lipinski definition) is 0. The third kappa shape index (κ3) is 3.24. The summed E-state index contributed by atoms with van der Waals surface area (Å²) in [6, 6.07) is 3.59. The van der Waals surface area contributed by atoms with Crippen LogP contribution in [0.1, 0.15) is 34.8 Å². The number of pyridine rings is 1. The highest BCUT2D eigenvalue weighted by molar-refractivity contribution is 5.94. The van der Waals surface area contributed by atoms with Gasteiger partial charge in [-0.05, 0) is 26.1 Å². The number of imidazole rings is 1. The van der Waals surface area contributed by atoms with Crippen molar-refractivity contribution in [2.75, 3.05) is 39.8 Å². The lowest BCUT2D eigenvalue weighted by Crippen LogP contribution is -2.45. The molecule has 2 aromatic heterocycles. The van der Waals surface area contributed by atoms with E-state index in [1.165, 1.54) is 5.69 Å². The smallest absolute Gasteiger partial charge is 0.256 e. The van der Waals surface area contributed by atoms with Gasteiger partial charge in [0.25, 0.3) is 5.91 Å². The van der Waals surface area contributed by atoms with Gasteiger partial charge in [-0.3, -0.25) is 14.7 Å². The minimum Gasteiger partial charge on any atom is -0.327 e. The molecule has 0 aliphatic carbocycles. The third-order valence-electron chi connectivity index (χ3n) is 5.53. The Morgan fingerprint density at radius 3 is 2.69 bits per heavy atom. The van der Waals surface area contributed by atoms with Gasteiger partial charge in [-0.2, -0.15) is 0 Å². The maximum atomic E-state index is 12.8. The van der Waals surface area contributed by atoms with Crippen molar-refractivity contribution in [3.63, 3.8) is 0 Å².